The molecule has 13 heavy (non-hydrogen) atoms. The molecule has 76 valence electrons. The largest absolute Gasteiger partial charge is 0.372 e. The van der Waals surface area contributed by atoms with E-state index < -0.39 is 0 Å². The third-order valence-electron chi connectivity index (χ3n) is 3.12. The molecular formula is C10H20N2O. The van der Waals surface area contributed by atoms with Crippen molar-refractivity contribution in [3.05, 3.63) is 0 Å². The van der Waals surface area contributed by atoms with Gasteiger partial charge < -0.3 is 4.74 Å². The minimum atomic E-state index is 0.556. The van der Waals surface area contributed by atoms with Gasteiger partial charge in [0.05, 0.1) is 12.7 Å². The standard InChI is InChI=1S/C10H20N2O/c1-3-12-5-4-11(6-9(12)2)7-10-8-13-10/h9-10H,3-8H2,1-2H3. The topological polar surface area (TPSA) is 19.0 Å². The molecule has 2 saturated heterocycles. The summed E-state index contributed by atoms with van der Waals surface area (Å²) >= 11 is 0. The Morgan fingerprint density at radius 3 is 2.69 bits per heavy atom. The third kappa shape index (κ3) is 2.42. The smallest absolute Gasteiger partial charge is 0.0936 e. The summed E-state index contributed by atoms with van der Waals surface area (Å²) in [4.78, 5) is 5.08. The van der Waals surface area contributed by atoms with Gasteiger partial charge in [0.25, 0.3) is 0 Å². The Morgan fingerprint density at radius 1 is 1.38 bits per heavy atom. The molecule has 2 heterocycles. The zero-order valence-corrected chi connectivity index (χ0v) is 8.70. The number of hydrogen-bond donors (Lipinski definition) is 0. The number of ether oxygens (including phenoxy) is 1. The van der Waals surface area contributed by atoms with Gasteiger partial charge in [0, 0.05) is 32.2 Å². The first-order valence-corrected chi connectivity index (χ1v) is 5.37. The maximum Gasteiger partial charge on any atom is 0.0936 e. The predicted molar refractivity (Wildman–Crippen MR) is 52.9 cm³/mol. The molecule has 2 aliphatic rings. The Balaban J connectivity index is 1.76. The highest BCUT2D eigenvalue weighted by Crippen LogP contribution is 2.14. The second kappa shape index (κ2) is 3.95. The van der Waals surface area contributed by atoms with E-state index in [1.54, 1.807) is 0 Å². The SMILES string of the molecule is CCN1CCN(CC2CO2)CC1C. The van der Waals surface area contributed by atoms with Gasteiger partial charge in [0.15, 0.2) is 0 Å². The van der Waals surface area contributed by atoms with Gasteiger partial charge in [-0.05, 0) is 13.5 Å². The molecule has 2 unspecified atom stereocenters. The van der Waals surface area contributed by atoms with Crippen LogP contribution in [0.5, 0.6) is 0 Å². The second-order valence-corrected chi connectivity index (χ2v) is 4.19. The lowest BCUT2D eigenvalue weighted by Gasteiger charge is -2.39. The first-order chi connectivity index (χ1) is 6.29. The molecule has 0 aromatic rings. The van der Waals surface area contributed by atoms with Crippen molar-refractivity contribution < 1.29 is 4.74 Å². The minimum absolute atomic E-state index is 0.556. The van der Waals surface area contributed by atoms with E-state index in [0.717, 1.165) is 19.2 Å². The van der Waals surface area contributed by atoms with E-state index in [2.05, 4.69) is 23.6 Å². The quantitative estimate of drug-likeness (QED) is 0.592. The summed E-state index contributed by atoms with van der Waals surface area (Å²) in [6, 6.07) is 0.720. The maximum atomic E-state index is 5.24. The Labute approximate surface area is 80.6 Å². The molecule has 0 saturated carbocycles. The summed E-state index contributed by atoms with van der Waals surface area (Å²) in [7, 11) is 0. The van der Waals surface area contributed by atoms with Gasteiger partial charge in [-0.25, -0.2) is 0 Å². The van der Waals surface area contributed by atoms with Crippen LogP contribution in [0.2, 0.25) is 0 Å². The van der Waals surface area contributed by atoms with Crippen molar-refractivity contribution in [1.82, 2.24) is 9.80 Å². The molecule has 0 bridgehead atoms. The number of likely N-dealkylation sites (N-methyl/N-ethyl adjacent to an activating group) is 1. The summed E-state index contributed by atoms with van der Waals surface area (Å²) in [6.45, 7) is 11.6. The third-order valence-corrected chi connectivity index (χ3v) is 3.12. The van der Waals surface area contributed by atoms with Crippen LogP contribution in [0.1, 0.15) is 13.8 Å². The molecular weight excluding hydrogens is 164 g/mol. The highest BCUT2D eigenvalue weighted by Gasteiger charge is 2.29. The van der Waals surface area contributed by atoms with Gasteiger partial charge in [-0.3, -0.25) is 9.80 Å². The molecule has 0 radical (unpaired) electrons. The normalized spacial score (nSPS) is 36.5. The van der Waals surface area contributed by atoms with Crippen molar-refractivity contribution in [1.29, 1.82) is 0 Å². The fourth-order valence-electron chi connectivity index (χ4n) is 2.17. The van der Waals surface area contributed by atoms with E-state index in [1.807, 2.05) is 0 Å². The zero-order valence-electron chi connectivity index (χ0n) is 8.70. The van der Waals surface area contributed by atoms with Gasteiger partial charge in [0.1, 0.15) is 0 Å². The summed E-state index contributed by atoms with van der Waals surface area (Å²) < 4.78 is 5.24. The van der Waals surface area contributed by atoms with Crippen molar-refractivity contribution in [3.8, 4) is 0 Å². The molecule has 2 aliphatic heterocycles. The Morgan fingerprint density at radius 2 is 2.15 bits per heavy atom. The molecule has 2 atom stereocenters. The average molecular weight is 184 g/mol. The van der Waals surface area contributed by atoms with Gasteiger partial charge >= 0.3 is 0 Å². The Hall–Kier alpha value is -0.120. The van der Waals surface area contributed by atoms with Crippen LogP contribution in [0.4, 0.5) is 0 Å². The molecule has 2 rings (SSSR count). The van der Waals surface area contributed by atoms with Gasteiger partial charge in [-0.2, -0.15) is 0 Å². The van der Waals surface area contributed by atoms with Crippen LogP contribution in [0.25, 0.3) is 0 Å². The molecule has 0 N–H and O–H groups in total. The van der Waals surface area contributed by atoms with E-state index in [0.29, 0.717) is 6.10 Å². The number of nitrogens with zero attached hydrogens (tertiary/aromatic N) is 2. The molecule has 0 aromatic carbocycles. The van der Waals surface area contributed by atoms with E-state index in [-0.39, 0.29) is 0 Å². The van der Waals surface area contributed by atoms with Crippen molar-refractivity contribution in [2.75, 3.05) is 39.3 Å². The van der Waals surface area contributed by atoms with Crippen LogP contribution in [0, 0.1) is 0 Å². The van der Waals surface area contributed by atoms with E-state index in [9.17, 15) is 0 Å². The van der Waals surface area contributed by atoms with Crippen molar-refractivity contribution in [2.24, 2.45) is 0 Å². The predicted octanol–water partition coefficient (Wildman–Crippen LogP) is 0.411. The van der Waals surface area contributed by atoms with E-state index in [1.165, 1.54) is 26.2 Å². The lowest BCUT2D eigenvalue weighted by molar-refractivity contribution is 0.0832. The minimum Gasteiger partial charge on any atom is -0.372 e. The zero-order chi connectivity index (χ0) is 9.26. The summed E-state index contributed by atoms with van der Waals surface area (Å²) in [5.74, 6) is 0. The highest BCUT2D eigenvalue weighted by atomic mass is 16.6. The monoisotopic (exact) mass is 184 g/mol. The molecule has 0 aliphatic carbocycles. The Kier molecular flexibility index (Phi) is 2.86. The lowest BCUT2D eigenvalue weighted by Crippen LogP contribution is -2.52. The number of rotatable bonds is 3. The maximum absolute atomic E-state index is 5.24. The van der Waals surface area contributed by atoms with Crippen molar-refractivity contribution in [2.45, 2.75) is 26.0 Å². The molecule has 3 nitrogen and oxygen atoms in total. The van der Waals surface area contributed by atoms with Gasteiger partial charge in [0.2, 0.25) is 0 Å². The molecule has 2 fully saturated rings. The van der Waals surface area contributed by atoms with Crippen molar-refractivity contribution >= 4 is 0 Å². The highest BCUT2D eigenvalue weighted by molar-refractivity contribution is 4.82. The summed E-state index contributed by atoms with van der Waals surface area (Å²) in [5.41, 5.74) is 0. The van der Waals surface area contributed by atoms with Crippen LogP contribution in [0.3, 0.4) is 0 Å². The van der Waals surface area contributed by atoms with Crippen molar-refractivity contribution in [3.63, 3.8) is 0 Å². The first-order valence-electron chi connectivity index (χ1n) is 5.37. The van der Waals surface area contributed by atoms with Crippen LogP contribution in [0.15, 0.2) is 0 Å². The fourth-order valence-corrected chi connectivity index (χ4v) is 2.17. The molecule has 0 spiro atoms. The molecule has 0 aromatic heterocycles. The van der Waals surface area contributed by atoms with Crippen LogP contribution < -0.4 is 0 Å². The average Bonchev–Trinajstić information content (AvgIpc) is 2.89. The van der Waals surface area contributed by atoms with E-state index in [4.69, 9.17) is 4.74 Å². The van der Waals surface area contributed by atoms with Gasteiger partial charge in [-0.15, -0.1) is 0 Å². The first kappa shape index (κ1) is 9.44. The van der Waals surface area contributed by atoms with E-state index >= 15 is 0 Å². The summed E-state index contributed by atoms with van der Waals surface area (Å²) in [5, 5.41) is 0. The van der Waals surface area contributed by atoms with Crippen LogP contribution in [-0.2, 0) is 4.74 Å². The molecule has 3 heteroatoms. The Bertz CT molecular complexity index is 170. The lowest BCUT2D eigenvalue weighted by atomic mass is 10.2. The molecule has 0 amide bonds. The van der Waals surface area contributed by atoms with Gasteiger partial charge in [-0.1, -0.05) is 6.92 Å². The number of epoxide rings is 1. The number of piperazine rings is 1. The fraction of sp³-hybridized carbons (Fsp3) is 1.00. The van der Waals surface area contributed by atoms with Crippen LogP contribution in [-0.4, -0.2) is 61.3 Å². The van der Waals surface area contributed by atoms with Crippen LogP contribution >= 0.6 is 0 Å². The number of hydrogen-bond acceptors (Lipinski definition) is 3. The summed E-state index contributed by atoms with van der Waals surface area (Å²) in [6.07, 6.45) is 0.556. The second-order valence-electron chi connectivity index (χ2n) is 4.19.